The summed E-state index contributed by atoms with van der Waals surface area (Å²) >= 11 is 5.97. The maximum absolute atomic E-state index is 11.9. The molecule has 0 saturated carbocycles. The Balaban J connectivity index is 2.13. The molecule has 1 aromatic carbocycles. The third-order valence-corrected chi connectivity index (χ3v) is 3.26. The highest BCUT2D eigenvalue weighted by molar-refractivity contribution is 6.20. The van der Waals surface area contributed by atoms with Gasteiger partial charge in [-0.2, -0.15) is 0 Å². The number of aromatic nitrogens is 1. The van der Waals surface area contributed by atoms with Crippen molar-refractivity contribution >= 4 is 28.4 Å². The van der Waals surface area contributed by atoms with Gasteiger partial charge >= 0.3 is 0 Å². The maximum Gasteiger partial charge on any atom is 0.251 e. The van der Waals surface area contributed by atoms with E-state index in [1.807, 2.05) is 31.2 Å². The van der Waals surface area contributed by atoms with Gasteiger partial charge in [0, 0.05) is 23.7 Å². The Hall–Kier alpha value is -1.61. The summed E-state index contributed by atoms with van der Waals surface area (Å²) in [5.74, 6) is -0.0974. The van der Waals surface area contributed by atoms with E-state index in [4.69, 9.17) is 11.6 Å². The van der Waals surface area contributed by atoms with Gasteiger partial charge in [0.05, 0.1) is 10.9 Å². The van der Waals surface area contributed by atoms with E-state index in [-0.39, 0.29) is 11.3 Å². The summed E-state index contributed by atoms with van der Waals surface area (Å²) in [7, 11) is 0. The average molecular weight is 263 g/mol. The Morgan fingerprint density at radius 1 is 1.44 bits per heavy atom. The minimum atomic E-state index is -0.0974. The lowest BCUT2D eigenvalue weighted by Gasteiger charge is -2.09. The third-order valence-electron chi connectivity index (χ3n) is 2.79. The van der Waals surface area contributed by atoms with Crippen LogP contribution >= 0.6 is 11.6 Å². The molecule has 2 aromatic rings. The third kappa shape index (κ3) is 2.99. The predicted molar refractivity (Wildman–Crippen MR) is 74.0 cm³/mol. The highest BCUT2D eigenvalue weighted by atomic mass is 35.5. The summed E-state index contributed by atoms with van der Waals surface area (Å²) in [6, 6.07) is 9.26. The van der Waals surface area contributed by atoms with Crippen molar-refractivity contribution in [1.29, 1.82) is 0 Å². The van der Waals surface area contributed by atoms with Crippen molar-refractivity contribution in [2.75, 3.05) is 6.54 Å². The molecular formula is C14H15ClN2O. The summed E-state index contributed by atoms with van der Waals surface area (Å²) in [5.41, 5.74) is 1.52. The van der Waals surface area contributed by atoms with E-state index in [2.05, 4.69) is 10.3 Å². The molecule has 18 heavy (non-hydrogen) atoms. The predicted octanol–water partition coefficient (Wildman–Crippen LogP) is 2.98. The van der Waals surface area contributed by atoms with E-state index < -0.39 is 0 Å². The molecule has 0 radical (unpaired) electrons. The number of benzene rings is 1. The van der Waals surface area contributed by atoms with Crippen LogP contribution in [-0.2, 0) is 0 Å². The van der Waals surface area contributed by atoms with Crippen LogP contribution in [0.4, 0.5) is 0 Å². The molecule has 1 heterocycles. The number of hydrogen-bond donors (Lipinski definition) is 1. The van der Waals surface area contributed by atoms with Gasteiger partial charge in [0.1, 0.15) is 0 Å². The summed E-state index contributed by atoms with van der Waals surface area (Å²) in [4.78, 5) is 16.1. The largest absolute Gasteiger partial charge is 0.351 e. The molecule has 4 heteroatoms. The number of hydrogen-bond acceptors (Lipinski definition) is 2. The Morgan fingerprint density at radius 2 is 2.28 bits per heavy atom. The number of alkyl halides is 1. The van der Waals surface area contributed by atoms with Crippen molar-refractivity contribution in [2.24, 2.45) is 0 Å². The first-order valence-electron chi connectivity index (χ1n) is 5.97. The number of amides is 1. The van der Waals surface area contributed by atoms with Gasteiger partial charge in [-0.15, -0.1) is 11.6 Å². The number of rotatable bonds is 4. The zero-order valence-corrected chi connectivity index (χ0v) is 10.9. The first-order valence-corrected chi connectivity index (χ1v) is 6.41. The average Bonchev–Trinajstić information content (AvgIpc) is 2.43. The fraction of sp³-hybridized carbons (Fsp3) is 0.286. The monoisotopic (exact) mass is 262 g/mol. The Kier molecular flexibility index (Phi) is 4.15. The first kappa shape index (κ1) is 12.8. The molecule has 2 rings (SSSR count). The number of nitrogens with one attached hydrogen (secondary N) is 1. The number of halogens is 1. The van der Waals surface area contributed by atoms with Gasteiger partial charge in [-0.1, -0.05) is 13.0 Å². The van der Waals surface area contributed by atoms with Gasteiger partial charge in [0.25, 0.3) is 5.91 Å². The summed E-state index contributed by atoms with van der Waals surface area (Å²) in [6.07, 6.45) is 2.57. The van der Waals surface area contributed by atoms with E-state index in [1.54, 1.807) is 12.3 Å². The topological polar surface area (TPSA) is 42.0 Å². The minimum absolute atomic E-state index is 0.0175. The van der Waals surface area contributed by atoms with Crippen LogP contribution in [0.3, 0.4) is 0 Å². The van der Waals surface area contributed by atoms with Gasteiger partial charge in [-0.3, -0.25) is 9.78 Å². The fourth-order valence-corrected chi connectivity index (χ4v) is 1.74. The van der Waals surface area contributed by atoms with Crippen LogP contribution in [0.1, 0.15) is 23.7 Å². The van der Waals surface area contributed by atoms with Crippen molar-refractivity contribution in [3.05, 3.63) is 42.1 Å². The smallest absolute Gasteiger partial charge is 0.251 e. The van der Waals surface area contributed by atoms with Crippen LogP contribution in [0.5, 0.6) is 0 Å². The Morgan fingerprint density at radius 3 is 3.06 bits per heavy atom. The summed E-state index contributed by atoms with van der Waals surface area (Å²) in [6.45, 7) is 2.48. The Bertz CT molecular complexity index is 556. The molecule has 1 aromatic heterocycles. The van der Waals surface area contributed by atoms with Crippen molar-refractivity contribution in [1.82, 2.24) is 10.3 Å². The molecule has 1 unspecified atom stereocenters. The van der Waals surface area contributed by atoms with Crippen molar-refractivity contribution in [3.8, 4) is 0 Å². The highest BCUT2D eigenvalue weighted by Crippen LogP contribution is 2.13. The number of nitrogens with zero attached hydrogens (tertiary/aromatic N) is 1. The molecule has 3 nitrogen and oxygen atoms in total. The number of carbonyl (C=O) groups excluding carboxylic acids is 1. The Labute approximate surface area is 111 Å². The van der Waals surface area contributed by atoms with Gasteiger partial charge in [-0.05, 0) is 30.7 Å². The second-order valence-corrected chi connectivity index (χ2v) is 4.74. The fourth-order valence-electron chi connectivity index (χ4n) is 1.67. The lowest BCUT2D eigenvalue weighted by atomic mass is 10.1. The molecule has 0 spiro atoms. The van der Waals surface area contributed by atoms with E-state index in [9.17, 15) is 4.79 Å². The van der Waals surface area contributed by atoms with Crippen LogP contribution in [-0.4, -0.2) is 22.8 Å². The lowest BCUT2D eigenvalue weighted by molar-refractivity contribution is 0.0953. The van der Waals surface area contributed by atoms with E-state index in [0.717, 1.165) is 17.3 Å². The number of fused-ring (bicyclic) bond motifs is 1. The molecule has 0 aliphatic carbocycles. The molecule has 0 saturated heterocycles. The summed E-state index contributed by atoms with van der Waals surface area (Å²) < 4.78 is 0. The van der Waals surface area contributed by atoms with Gasteiger partial charge in [0.2, 0.25) is 0 Å². The van der Waals surface area contributed by atoms with Gasteiger partial charge in [0.15, 0.2) is 0 Å². The zero-order chi connectivity index (χ0) is 13.0. The van der Waals surface area contributed by atoms with Gasteiger partial charge in [-0.25, -0.2) is 0 Å². The molecule has 1 atom stereocenters. The van der Waals surface area contributed by atoms with Crippen LogP contribution in [0, 0.1) is 0 Å². The standard InChI is InChI=1S/C14H15ClN2O/c1-2-12(15)9-17-14(18)11-5-6-13-10(8-11)4-3-7-16-13/h3-8,12H,2,9H2,1H3,(H,17,18). The van der Waals surface area contributed by atoms with E-state index in [1.165, 1.54) is 0 Å². The molecule has 94 valence electrons. The molecule has 0 fully saturated rings. The van der Waals surface area contributed by atoms with E-state index >= 15 is 0 Å². The van der Waals surface area contributed by atoms with Gasteiger partial charge < -0.3 is 5.32 Å². The molecule has 1 N–H and O–H groups in total. The minimum Gasteiger partial charge on any atom is -0.351 e. The van der Waals surface area contributed by atoms with Crippen molar-refractivity contribution in [3.63, 3.8) is 0 Å². The second kappa shape index (κ2) is 5.83. The molecule has 1 amide bonds. The lowest BCUT2D eigenvalue weighted by Crippen LogP contribution is -2.29. The van der Waals surface area contributed by atoms with E-state index in [0.29, 0.717) is 12.1 Å². The summed E-state index contributed by atoms with van der Waals surface area (Å²) in [5, 5.41) is 3.77. The number of carbonyl (C=O) groups is 1. The van der Waals surface area contributed by atoms with Crippen LogP contribution in [0.25, 0.3) is 10.9 Å². The normalized spacial score (nSPS) is 12.3. The number of pyridine rings is 1. The molecular weight excluding hydrogens is 248 g/mol. The van der Waals surface area contributed by atoms with Crippen LogP contribution in [0.2, 0.25) is 0 Å². The van der Waals surface area contributed by atoms with Crippen LogP contribution < -0.4 is 5.32 Å². The highest BCUT2D eigenvalue weighted by Gasteiger charge is 2.08. The first-order chi connectivity index (χ1) is 8.70. The second-order valence-electron chi connectivity index (χ2n) is 4.13. The van der Waals surface area contributed by atoms with Crippen LogP contribution in [0.15, 0.2) is 36.5 Å². The van der Waals surface area contributed by atoms with Crippen molar-refractivity contribution < 1.29 is 4.79 Å². The van der Waals surface area contributed by atoms with Crippen molar-refractivity contribution in [2.45, 2.75) is 18.7 Å². The zero-order valence-electron chi connectivity index (χ0n) is 10.2. The quantitative estimate of drug-likeness (QED) is 0.861. The maximum atomic E-state index is 11.9. The molecule has 0 aliphatic heterocycles. The molecule has 0 bridgehead atoms. The SMILES string of the molecule is CCC(Cl)CNC(=O)c1ccc2ncccc2c1. The molecule has 0 aliphatic rings.